The van der Waals surface area contributed by atoms with Gasteiger partial charge in [-0.3, -0.25) is 4.79 Å². The number of amides is 1. The van der Waals surface area contributed by atoms with Gasteiger partial charge in [-0.15, -0.1) is 0 Å². The number of carbonyl (C=O) groups is 1. The predicted octanol–water partition coefficient (Wildman–Crippen LogP) is -0.245. The average molecular weight is 186 g/mol. The summed E-state index contributed by atoms with van der Waals surface area (Å²) in [6, 6.07) is -0.145. The molecule has 1 aliphatic rings. The van der Waals surface area contributed by atoms with E-state index in [4.69, 9.17) is 10.8 Å². The Balaban J connectivity index is 2.39. The number of aliphatic hydroxyl groups excluding tert-OH is 1. The van der Waals surface area contributed by atoms with E-state index in [1.54, 1.807) is 0 Å². The van der Waals surface area contributed by atoms with Crippen LogP contribution in [0.5, 0.6) is 0 Å². The lowest BCUT2D eigenvalue weighted by molar-refractivity contribution is -0.130. The number of rotatable bonds is 4. The quantitative estimate of drug-likeness (QED) is 0.567. The first-order valence-corrected chi connectivity index (χ1v) is 4.83. The predicted molar refractivity (Wildman–Crippen MR) is 50.1 cm³/mol. The molecule has 1 rings (SSSR count). The van der Waals surface area contributed by atoms with Crippen LogP contribution in [-0.2, 0) is 4.79 Å². The Morgan fingerprint density at radius 1 is 1.69 bits per heavy atom. The van der Waals surface area contributed by atoms with Crippen molar-refractivity contribution in [2.24, 2.45) is 5.73 Å². The Morgan fingerprint density at radius 3 is 2.62 bits per heavy atom. The van der Waals surface area contributed by atoms with Crippen LogP contribution < -0.4 is 11.1 Å². The van der Waals surface area contributed by atoms with Crippen LogP contribution in [0.25, 0.3) is 0 Å². The fourth-order valence-corrected chi connectivity index (χ4v) is 1.39. The summed E-state index contributed by atoms with van der Waals surface area (Å²) in [5.74, 6) is -0.111. The van der Waals surface area contributed by atoms with E-state index in [0.717, 1.165) is 25.7 Å². The third kappa shape index (κ3) is 2.19. The van der Waals surface area contributed by atoms with Crippen molar-refractivity contribution in [3.8, 4) is 0 Å². The first kappa shape index (κ1) is 10.5. The van der Waals surface area contributed by atoms with Crippen molar-refractivity contribution in [3.05, 3.63) is 0 Å². The topological polar surface area (TPSA) is 75.3 Å². The summed E-state index contributed by atoms with van der Waals surface area (Å²) >= 11 is 0. The summed E-state index contributed by atoms with van der Waals surface area (Å²) in [6.45, 7) is 1.91. The molecular weight excluding hydrogens is 168 g/mol. The molecule has 0 radical (unpaired) electrons. The smallest absolute Gasteiger partial charge is 0.240 e. The fraction of sp³-hybridized carbons (Fsp3) is 0.889. The minimum atomic E-state index is -0.650. The van der Waals surface area contributed by atoms with Crippen LogP contribution in [-0.4, -0.2) is 29.2 Å². The Kier molecular flexibility index (Phi) is 3.27. The molecule has 0 aromatic heterocycles. The minimum Gasteiger partial charge on any atom is -0.394 e. The molecule has 0 bridgehead atoms. The van der Waals surface area contributed by atoms with E-state index in [1.807, 2.05) is 6.92 Å². The van der Waals surface area contributed by atoms with Gasteiger partial charge in [0.25, 0.3) is 0 Å². The second-order valence-electron chi connectivity index (χ2n) is 3.77. The zero-order chi connectivity index (χ0) is 9.90. The molecule has 0 unspecified atom stereocenters. The summed E-state index contributed by atoms with van der Waals surface area (Å²) in [6.07, 6.45) is 3.29. The lowest BCUT2D eigenvalue weighted by Gasteiger charge is -2.37. The van der Waals surface area contributed by atoms with Gasteiger partial charge in [0, 0.05) is 0 Å². The maximum atomic E-state index is 11.5. The summed E-state index contributed by atoms with van der Waals surface area (Å²) in [4.78, 5) is 11.5. The monoisotopic (exact) mass is 186 g/mol. The highest BCUT2D eigenvalue weighted by Crippen LogP contribution is 2.29. The highest BCUT2D eigenvalue weighted by molar-refractivity contribution is 5.87. The molecule has 0 aromatic rings. The van der Waals surface area contributed by atoms with Gasteiger partial charge < -0.3 is 16.2 Å². The van der Waals surface area contributed by atoms with Crippen LogP contribution in [0.3, 0.4) is 0 Å². The van der Waals surface area contributed by atoms with Crippen molar-refractivity contribution >= 4 is 5.91 Å². The summed E-state index contributed by atoms with van der Waals surface area (Å²) in [5, 5.41) is 11.6. The summed E-state index contributed by atoms with van der Waals surface area (Å²) < 4.78 is 0. The van der Waals surface area contributed by atoms with Gasteiger partial charge in [-0.25, -0.2) is 0 Å². The van der Waals surface area contributed by atoms with Crippen molar-refractivity contribution in [1.82, 2.24) is 5.32 Å². The van der Waals surface area contributed by atoms with Gasteiger partial charge in [0.2, 0.25) is 5.91 Å². The Hall–Kier alpha value is -0.610. The van der Waals surface area contributed by atoms with E-state index in [0.29, 0.717) is 0 Å². The van der Waals surface area contributed by atoms with Gasteiger partial charge >= 0.3 is 0 Å². The molecule has 0 spiro atoms. The van der Waals surface area contributed by atoms with Crippen molar-refractivity contribution in [1.29, 1.82) is 0 Å². The molecule has 0 aliphatic heterocycles. The molecule has 0 heterocycles. The van der Waals surface area contributed by atoms with Gasteiger partial charge in [0.1, 0.15) is 0 Å². The van der Waals surface area contributed by atoms with Crippen LogP contribution in [0.15, 0.2) is 0 Å². The fourth-order valence-electron chi connectivity index (χ4n) is 1.39. The van der Waals surface area contributed by atoms with E-state index >= 15 is 0 Å². The zero-order valence-electron chi connectivity index (χ0n) is 8.05. The number of carbonyl (C=O) groups excluding carboxylic acids is 1. The second-order valence-corrected chi connectivity index (χ2v) is 3.77. The van der Waals surface area contributed by atoms with Crippen molar-refractivity contribution in [2.75, 3.05) is 6.61 Å². The van der Waals surface area contributed by atoms with E-state index in [9.17, 15) is 4.79 Å². The number of nitrogens with one attached hydrogen (secondary N) is 1. The maximum absolute atomic E-state index is 11.5. The van der Waals surface area contributed by atoms with Gasteiger partial charge in [0.05, 0.1) is 18.2 Å². The van der Waals surface area contributed by atoms with Crippen LogP contribution in [0.2, 0.25) is 0 Å². The largest absolute Gasteiger partial charge is 0.394 e. The SMILES string of the molecule is CC[C@H](CO)NC(=O)C1(N)CCC1. The van der Waals surface area contributed by atoms with E-state index in [1.165, 1.54) is 0 Å². The van der Waals surface area contributed by atoms with Crippen LogP contribution in [0, 0.1) is 0 Å². The van der Waals surface area contributed by atoms with Crippen LogP contribution in [0.4, 0.5) is 0 Å². The van der Waals surface area contributed by atoms with Gasteiger partial charge in [-0.05, 0) is 25.7 Å². The average Bonchev–Trinajstić information content (AvgIpc) is 2.09. The number of aliphatic hydroxyl groups is 1. The molecule has 4 heteroatoms. The molecule has 0 aromatic carbocycles. The third-order valence-corrected chi connectivity index (χ3v) is 2.75. The highest BCUT2D eigenvalue weighted by atomic mass is 16.3. The standard InChI is InChI=1S/C9H18N2O2/c1-2-7(6-12)11-8(13)9(10)4-3-5-9/h7,12H,2-6,10H2,1H3,(H,11,13)/t7-/m1/s1. The van der Waals surface area contributed by atoms with Gasteiger partial charge in [0.15, 0.2) is 0 Å². The normalized spacial score (nSPS) is 21.8. The molecule has 1 aliphatic carbocycles. The molecular formula is C9H18N2O2. The Labute approximate surface area is 78.5 Å². The van der Waals surface area contributed by atoms with Crippen molar-refractivity contribution in [2.45, 2.75) is 44.2 Å². The molecule has 76 valence electrons. The number of hydrogen-bond donors (Lipinski definition) is 3. The molecule has 4 nitrogen and oxygen atoms in total. The zero-order valence-corrected chi connectivity index (χ0v) is 8.05. The number of hydrogen-bond acceptors (Lipinski definition) is 3. The molecule has 13 heavy (non-hydrogen) atoms. The minimum absolute atomic E-state index is 0.0156. The molecule has 1 atom stereocenters. The molecule has 1 amide bonds. The van der Waals surface area contributed by atoms with E-state index < -0.39 is 5.54 Å². The van der Waals surface area contributed by atoms with Crippen LogP contribution >= 0.6 is 0 Å². The second kappa shape index (κ2) is 4.07. The van der Waals surface area contributed by atoms with Crippen LogP contribution in [0.1, 0.15) is 32.6 Å². The van der Waals surface area contributed by atoms with Gasteiger partial charge in [-0.1, -0.05) is 6.92 Å². The maximum Gasteiger partial charge on any atom is 0.240 e. The molecule has 0 saturated heterocycles. The number of nitrogens with two attached hydrogens (primary N) is 1. The van der Waals surface area contributed by atoms with Crippen molar-refractivity contribution < 1.29 is 9.90 Å². The Morgan fingerprint density at radius 2 is 2.31 bits per heavy atom. The Bertz CT molecular complexity index is 186. The first-order chi connectivity index (χ1) is 6.12. The van der Waals surface area contributed by atoms with Crippen molar-refractivity contribution in [3.63, 3.8) is 0 Å². The lowest BCUT2D eigenvalue weighted by Crippen LogP contribution is -2.60. The summed E-state index contributed by atoms with van der Waals surface area (Å²) in [7, 11) is 0. The molecule has 1 saturated carbocycles. The third-order valence-electron chi connectivity index (χ3n) is 2.75. The van der Waals surface area contributed by atoms with Gasteiger partial charge in [-0.2, -0.15) is 0 Å². The summed E-state index contributed by atoms with van der Waals surface area (Å²) in [5.41, 5.74) is 5.16. The van der Waals surface area contributed by atoms with E-state index in [2.05, 4.69) is 5.32 Å². The highest BCUT2D eigenvalue weighted by Gasteiger charge is 2.40. The molecule has 1 fully saturated rings. The lowest BCUT2D eigenvalue weighted by atomic mass is 9.77. The van der Waals surface area contributed by atoms with E-state index in [-0.39, 0.29) is 18.6 Å². The first-order valence-electron chi connectivity index (χ1n) is 4.83. The molecule has 4 N–H and O–H groups in total.